The van der Waals surface area contributed by atoms with Gasteiger partial charge in [-0.1, -0.05) is 0 Å². The van der Waals surface area contributed by atoms with Crippen molar-refractivity contribution in [3.8, 4) is 11.6 Å². The average Bonchev–Trinajstić information content (AvgIpc) is 3.05. The molecule has 2 heterocycles. The van der Waals surface area contributed by atoms with Crippen molar-refractivity contribution in [1.82, 2.24) is 4.98 Å². The van der Waals surface area contributed by atoms with Gasteiger partial charge < -0.3 is 9.15 Å². The van der Waals surface area contributed by atoms with E-state index in [-0.39, 0.29) is 17.2 Å². The highest BCUT2D eigenvalue weighted by Gasteiger charge is 2.21. The standard InChI is InChI=1S/C17H12N2O5/c20-17-13-4-1-3-11(13)12-7-6-10(9-15(12)24-17)23-16-14(19(21)22)5-2-8-18-16/h2,5-9H,1,3-4H2. The molecular weight excluding hydrogens is 312 g/mol. The fraction of sp³-hybridized carbons (Fsp3) is 0.176. The summed E-state index contributed by atoms with van der Waals surface area (Å²) in [5.41, 5.74) is 1.63. The molecule has 0 unspecified atom stereocenters. The zero-order valence-corrected chi connectivity index (χ0v) is 12.5. The van der Waals surface area contributed by atoms with Crippen LogP contribution in [0.2, 0.25) is 0 Å². The van der Waals surface area contributed by atoms with E-state index in [1.807, 2.05) is 6.07 Å². The quantitative estimate of drug-likeness (QED) is 0.416. The monoisotopic (exact) mass is 324 g/mol. The Balaban J connectivity index is 1.78. The van der Waals surface area contributed by atoms with Crippen molar-refractivity contribution in [3.63, 3.8) is 0 Å². The molecule has 0 saturated carbocycles. The summed E-state index contributed by atoms with van der Waals surface area (Å²) in [5, 5.41) is 11.9. The number of ether oxygens (including phenoxy) is 1. The number of aromatic nitrogens is 1. The van der Waals surface area contributed by atoms with Crippen LogP contribution in [0.15, 0.2) is 45.7 Å². The van der Waals surface area contributed by atoms with Crippen LogP contribution in [0.3, 0.4) is 0 Å². The second kappa shape index (κ2) is 5.45. The first kappa shape index (κ1) is 14.4. The van der Waals surface area contributed by atoms with Gasteiger partial charge in [-0.3, -0.25) is 10.1 Å². The molecule has 2 aromatic heterocycles. The molecule has 0 radical (unpaired) electrons. The number of aryl methyl sites for hydroxylation is 1. The number of nitro groups is 1. The maximum atomic E-state index is 12.0. The topological polar surface area (TPSA) is 95.5 Å². The van der Waals surface area contributed by atoms with E-state index in [1.165, 1.54) is 18.3 Å². The van der Waals surface area contributed by atoms with Crippen molar-refractivity contribution in [2.24, 2.45) is 0 Å². The summed E-state index contributed by atoms with van der Waals surface area (Å²) in [5.74, 6) is 0.218. The van der Waals surface area contributed by atoms with Crippen LogP contribution >= 0.6 is 0 Å². The number of benzene rings is 1. The van der Waals surface area contributed by atoms with E-state index in [4.69, 9.17) is 9.15 Å². The van der Waals surface area contributed by atoms with Gasteiger partial charge in [-0.05, 0) is 43.0 Å². The summed E-state index contributed by atoms with van der Waals surface area (Å²) < 4.78 is 10.9. The van der Waals surface area contributed by atoms with Crippen molar-refractivity contribution in [2.45, 2.75) is 19.3 Å². The molecule has 24 heavy (non-hydrogen) atoms. The van der Waals surface area contributed by atoms with Crippen LogP contribution in [0.5, 0.6) is 11.6 Å². The van der Waals surface area contributed by atoms with Crippen LogP contribution < -0.4 is 10.4 Å². The fourth-order valence-corrected chi connectivity index (χ4v) is 3.04. The molecule has 0 atom stereocenters. The molecule has 0 amide bonds. The first-order valence-electron chi connectivity index (χ1n) is 7.49. The van der Waals surface area contributed by atoms with Gasteiger partial charge in [0.25, 0.3) is 5.88 Å². The second-order valence-electron chi connectivity index (χ2n) is 5.54. The Morgan fingerprint density at radius 2 is 2.04 bits per heavy atom. The SMILES string of the molecule is O=c1oc2cc(Oc3ncccc3[N+](=O)[O-])ccc2c2c1CCC2. The molecule has 0 N–H and O–H groups in total. The van der Waals surface area contributed by atoms with Gasteiger partial charge >= 0.3 is 11.3 Å². The van der Waals surface area contributed by atoms with Gasteiger partial charge in [-0.15, -0.1) is 0 Å². The van der Waals surface area contributed by atoms with Crippen molar-refractivity contribution in [3.05, 3.63) is 68.2 Å². The van der Waals surface area contributed by atoms with Gasteiger partial charge in [-0.25, -0.2) is 9.78 Å². The van der Waals surface area contributed by atoms with Crippen LogP contribution in [0.4, 0.5) is 5.69 Å². The van der Waals surface area contributed by atoms with Crippen LogP contribution in [0.1, 0.15) is 17.5 Å². The number of hydrogen-bond acceptors (Lipinski definition) is 6. The minimum Gasteiger partial charge on any atom is -0.434 e. The minimum atomic E-state index is -0.559. The van der Waals surface area contributed by atoms with E-state index in [2.05, 4.69) is 4.98 Å². The summed E-state index contributed by atoms with van der Waals surface area (Å²) in [6.45, 7) is 0. The third kappa shape index (κ3) is 2.30. The fourth-order valence-electron chi connectivity index (χ4n) is 3.04. The molecule has 120 valence electrons. The zero-order chi connectivity index (χ0) is 16.7. The molecule has 1 aliphatic rings. The molecule has 0 spiro atoms. The van der Waals surface area contributed by atoms with E-state index < -0.39 is 4.92 Å². The molecule has 1 aromatic carbocycles. The maximum absolute atomic E-state index is 12.0. The molecule has 0 fully saturated rings. The summed E-state index contributed by atoms with van der Waals surface area (Å²) in [7, 11) is 0. The highest BCUT2D eigenvalue weighted by molar-refractivity contribution is 5.83. The highest BCUT2D eigenvalue weighted by atomic mass is 16.6. The van der Waals surface area contributed by atoms with E-state index in [0.29, 0.717) is 11.3 Å². The lowest BCUT2D eigenvalue weighted by molar-refractivity contribution is -0.386. The number of rotatable bonds is 3. The van der Waals surface area contributed by atoms with Crippen LogP contribution in [0, 0.1) is 10.1 Å². The molecule has 0 aliphatic heterocycles. The molecule has 7 nitrogen and oxygen atoms in total. The van der Waals surface area contributed by atoms with Crippen molar-refractivity contribution in [1.29, 1.82) is 0 Å². The van der Waals surface area contributed by atoms with Gasteiger partial charge in [0.1, 0.15) is 11.3 Å². The molecular formula is C17H12N2O5. The highest BCUT2D eigenvalue weighted by Crippen LogP contribution is 2.33. The maximum Gasteiger partial charge on any atom is 0.339 e. The molecule has 0 saturated heterocycles. The summed E-state index contributed by atoms with van der Waals surface area (Å²) in [6, 6.07) is 7.85. The number of pyridine rings is 1. The van der Waals surface area contributed by atoms with E-state index in [1.54, 1.807) is 12.1 Å². The first-order chi connectivity index (χ1) is 11.6. The normalized spacial score (nSPS) is 13.0. The lowest BCUT2D eigenvalue weighted by Crippen LogP contribution is -2.06. The summed E-state index contributed by atoms with van der Waals surface area (Å²) >= 11 is 0. The van der Waals surface area contributed by atoms with Crippen molar-refractivity contribution >= 4 is 16.7 Å². The Morgan fingerprint density at radius 3 is 2.88 bits per heavy atom. The second-order valence-corrected chi connectivity index (χ2v) is 5.54. The predicted octanol–water partition coefficient (Wildman–Crippen LogP) is 3.38. The first-order valence-corrected chi connectivity index (χ1v) is 7.49. The number of nitrogens with zero attached hydrogens (tertiary/aromatic N) is 2. The molecule has 0 bridgehead atoms. The van der Waals surface area contributed by atoms with Gasteiger partial charge in [0.15, 0.2) is 0 Å². The van der Waals surface area contributed by atoms with Crippen LogP contribution in [-0.2, 0) is 12.8 Å². The number of hydrogen-bond donors (Lipinski definition) is 0. The summed E-state index contributed by atoms with van der Waals surface area (Å²) in [4.78, 5) is 26.4. The molecule has 3 aromatic rings. The minimum absolute atomic E-state index is 0.106. The van der Waals surface area contributed by atoms with Crippen LogP contribution in [0.25, 0.3) is 11.0 Å². The van der Waals surface area contributed by atoms with Gasteiger partial charge in [0.05, 0.1) is 4.92 Å². The Labute approximate surface area is 135 Å². The number of fused-ring (bicyclic) bond motifs is 3. The Morgan fingerprint density at radius 1 is 1.21 bits per heavy atom. The van der Waals surface area contributed by atoms with E-state index in [9.17, 15) is 14.9 Å². The lowest BCUT2D eigenvalue weighted by atomic mass is 10.1. The average molecular weight is 324 g/mol. The smallest absolute Gasteiger partial charge is 0.339 e. The lowest BCUT2D eigenvalue weighted by Gasteiger charge is -2.07. The molecule has 4 rings (SSSR count). The Kier molecular flexibility index (Phi) is 3.26. The summed E-state index contributed by atoms with van der Waals surface area (Å²) in [6.07, 6.45) is 3.95. The van der Waals surface area contributed by atoms with Gasteiger partial charge in [-0.2, -0.15) is 0 Å². The van der Waals surface area contributed by atoms with Crippen molar-refractivity contribution in [2.75, 3.05) is 0 Å². The van der Waals surface area contributed by atoms with E-state index >= 15 is 0 Å². The largest absolute Gasteiger partial charge is 0.434 e. The zero-order valence-electron chi connectivity index (χ0n) is 12.5. The van der Waals surface area contributed by atoms with Gasteiger partial charge in [0.2, 0.25) is 0 Å². The van der Waals surface area contributed by atoms with Gasteiger partial charge in [0, 0.05) is 29.3 Å². The Hall–Kier alpha value is -3.22. The third-order valence-corrected chi connectivity index (χ3v) is 4.11. The molecule has 1 aliphatic carbocycles. The predicted molar refractivity (Wildman–Crippen MR) is 85.5 cm³/mol. The van der Waals surface area contributed by atoms with Crippen LogP contribution in [-0.4, -0.2) is 9.91 Å². The van der Waals surface area contributed by atoms with E-state index in [0.717, 1.165) is 35.8 Å². The van der Waals surface area contributed by atoms with Crippen molar-refractivity contribution < 1.29 is 14.1 Å². The molecule has 7 heteroatoms. The Bertz CT molecular complexity index is 1030. The third-order valence-electron chi connectivity index (χ3n) is 4.11.